The number of primary sulfonamides is 1. The van der Waals surface area contributed by atoms with Crippen LogP contribution in [0.2, 0.25) is 0 Å². The second-order valence-electron chi connectivity index (χ2n) is 5.90. The van der Waals surface area contributed by atoms with Gasteiger partial charge in [-0.2, -0.15) is 0 Å². The van der Waals surface area contributed by atoms with Gasteiger partial charge in [0.05, 0.1) is 41.6 Å². The number of pyridine rings is 1. The number of ether oxygens (including phenoxy) is 1. The van der Waals surface area contributed by atoms with E-state index < -0.39 is 10.0 Å². The van der Waals surface area contributed by atoms with Gasteiger partial charge in [0.1, 0.15) is 11.4 Å². The highest BCUT2D eigenvalue weighted by Gasteiger charge is 2.16. The molecule has 0 amide bonds. The molecule has 0 bridgehead atoms. The van der Waals surface area contributed by atoms with E-state index in [1.54, 1.807) is 37.8 Å². The minimum absolute atomic E-state index is 0.0725. The predicted molar refractivity (Wildman–Crippen MR) is 103 cm³/mol. The molecule has 3 rings (SSSR count). The molecule has 0 fully saturated rings. The van der Waals surface area contributed by atoms with Gasteiger partial charge in [0, 0.05) is 12.6 Å². The van der Waals surface area contributed by atoms with E-state index in [9.17, 15) is 8.42 Å². The van der Waals surface area contributed by atoms with E-state index in [1.807, 2.05) is 11.5 Å². The zero-order valence-corrected chi connectivity index (χ0v) is 15.8. The van der Waals surface area contributed by atoms with Gasteiger partial charge in [0.2, 0.25) is 10.0 Å². The van der Waals surface area contributed by atoms with Crippen LogP contribution >= 0.6 is 0 Å². The van der Waals surface area contributed by atoms with Crippen molar-refractivity contribution in [3.63, 3.8) is 0 Å². The molecule has 8 nitrogen and oxygen atoms in total. The normalized spacial score (nSPS) is 11.4. The van der Waals surface area contributed by atoms with Gasteiger partial charge in [-0.05, 0) is 31.3 Å². The van der Waals surface area contributed by atoms with Crippen LogP contribution in [0.1, 0.15) is 11.3 Å². The van der Waals surface area contributed by atoms with E-state index >= 15 is 0 Å². The molecule has 0 radical (unpaired) electrons. The van der Waals surface area contributed by atoms with Gasteiger partial charge in [0.25, 0.3) is 0 Å². The van der Waals surface area contributed by atoms with Crippen molar-refractivity contribution in [1.29, 1.82) is 0 Å². The van der Waals surface area contributed by atoms with Crippen LogP contribution in [0.25, 0.3) is 11.4 Å². The number of aliphatic imine (C=N–C) groups is 1. The van der Waals surface area contributed by atoms with Crippen LogP contribution < -0.4 is 9.88 Å². The van der Waals surface area contributed by atoms with Gasteiger partial charge in [-0.3, -0.25) is 4.99 Å². The molecule has 140 valence electrons. The van der Waals surface area contributed by atoms with E-state index in [0.29, 0.717) is 23.7 Å². The first kappa shape index (κ1) is 18.7. The molecule has 0 aliphatic rings. The lowest BCUT2D eigenvalue weighted by molar-refractivity contribution is 0.413. The van der Waals surface area contributed by atoms with Gasteiger partial charge >= 0.3 is 0 Å². The number of nitrogens with two attached hydrogens (primary N) is 1. The predicted octanol–water partition coefficient (Wildman–Crippen LogP) is 2.29. The standard InChI is InChI=1S/C18H19N5O3S/c1-12-18(17-16(20-2)8-14(26-3)9-21-17)23(11-22-12)10-13-4-6-15(7-5-13)27(19,24)25/h4-9,11H,2,10H2,1,3H3,(H2,19,24,25). The number of imidazole rings is 1. The topological polar surface area (TPSA) is 112 Å². The smallest absolute Gasteiger partial charge is 0.238 e. The number of nitrogens with zero attached hydrogens (tertiary/aromatic N) is 4. The molecular weight excluding hydrogens is 366 g/mol. The van der Waals surface area contributed by atoms with E-state index in [1.165, 1.54) is 12.1 Å². The summed E-state index contributed by atoms with van der Waals surface area (Å²) in [6, 6.07) is 8.15. The highest BCUT2D eigenvalue weighted by atomic mass is 32.2. The fraction of sp³-hybridized carbons (Fsp3) is 0.167. The number of sulfonamides is 1. The van der Waals surface area contributed by atoms with Crippen LogP contribution in [0.4, 0.5) is 5.69 Å². The number of rotatable bonds is 6. The summed E-state index contributed by atoms with van der Waals surface area (Å²) in [5.41, 5.74) is 3.71. The maximum absolute atomic E-state index is 11.4. The van der Waals surface area contributed by atoms with Gasteiger partial charge in [-0.1, -0.05) is 12.1 Å². The molecule has 0 aliphatic heterocycles. The van der Waals surface area contributed by atoms with Crippen LogP contribution in [-0.2, 0) is 16.6 Å². The van der Waals surface area contributed by atoms with Gasteiger partial charge in [-0.15, -0.1) is 0 Å². The first-order valence-electron chi connectivity index (χ1n) is 7.98. The molecule has 27 heavy (non-hydrogen) atoms. The average Bonchev–Trinajstić information content (AvgIpc) is 3.01. The largest absolute Gasteiger partial charge is 0.495 e. The summed E-state index contributed by atoms with van der Waals surface area (Å²) in [5, 5.41) is 5.14. The van der Waals surface area contributed by atoms with Crippen molar-refractivity contribution in [3.05, 3.63) is 54.1 Å². The van der Waals surface area contributed by atoms with Crippen molar-refractivity contribution >= 4 is 22.4 Å². The van der Waals surface area contributed by atoms with E-state index in [4.69, 9.17) is 9.88 Å². The molecule has 9 heteroatoms. The van der Waals surface area contributed by atoms with Gasteiger partial charge in [0.15, 0.2) is 0 Å². The lowest BCUT2D eigenvalue weighted by atomic mass is 10.1. The second-order valence-corrected chi connectivity index (χ2v) is 7.46. The molecule has 3 aromatic rings. The Kier molecular flexibility index (Phi) is 5.06. The zero-order valence-electron chi connectivity index (χ0n) is 15.0. The molecule has 0 saturated carbocycles. The summed E-state index contributed by atoms with van der Waals surface area (Å²) in [4.78, 5) is 13.0. The maximum Gasteiger partial charge on any atom is 0.238 e. The molecular formula is C18H19N5O3S. The Morgan fingerprint density at radius 1 is 1.26 bits per heavy atom. The summed E-state index contributed by atoms with van der Waals surface area (Å²) >= 11 is 0. The Morgan fingerprint density at radius 3 is 2.56 bits per heavy atom. The van der Waals surface area contributed by atoms with Crippen molar-refractivity contribution in [3.8, 4) is 17.1 Å². The summed E-state index contributed by atoms with van der Waals surface area (Å²) in [7, 11) is -2.16. The highest BCUT2D eigenvalue weighted by Crippen LogP contribution is 2.33. The van der Waals surface area contributed by atoms with Crippen molar-refractivity contribution in [2.45, 2.75) is 18.4 Å². The van der Waals surface area contributed by atoms with Crippen LogP contribution in [0.3, 0.4) is 0 Å². The SMILES string of the molecule is C=Nc1cc(OC)cnc1-c1c(C)ncn1Cc1ccc(S(N)(=O)=O)cc1. The Morgan fingerprint density at radius 2 is 1.96 bits per heavy atom. The number of methoxy groups -OCH3 is 1. The molecule has 0 spiro atoms. The Labute approximate surface area is 157 Å². The van der Waals surface area contributed by atoms with E-state index in [0.717, 1.165) is 17.0 Å². The first-order chi connectivity index (χ1) is 12.8. The maximum atomic E-state index is 11.4. The van der Waals surface area contributed by atoms with Gasteiger partial charge in [-0.25, -0.2) is 23.5 Å². The van der Waals surface area contributed by atoms with Crippen LogP contribution in [-0.4, -0.2) is 36.8 Å². The third-order valence-electron chi connectivity index (χ3n) is 4.10. The van der Waals surface area contributed by atoms with Crippen molar-refractivity contribution < 1.29 is 13.2 Å². The Hall–Kier alpha value is -3.04. The quantitative estimate of drug-likeness (QED) is 0.654. The van der Waals surface area contributed by atoms with Gasteiger partial charge < -0.3 is 9.30 Å². The van der Waals surface area contributed by atoms with E-state index in [2.05, 4.69) is 21.7 Å². The molecule has 0 saturated heterocycles. The molecule has 0 unspecified atom stereocenters. The molecule has 2 heterocycles. The lowest BCUT2D eigenvalue weighted by Crippen LogP contribution is -2.12. The number of hydrogen-bond acceptors (Lipinski definition) is 6. The summed E-state index contributed by atoms with van der Waals surface area (Å²) in [5.74, 6) is 0.587. The molecule has 0 atom stereocenters. The lowest BCUT2D eigenvalue weighted by Gasteiger charge is -2.12. The first-order valence-corrected chi connectivity index (χ1v) is 9.52. The fourth-order valence-corrected chi connectivity index (χ4v) is 3.26. The number of aromatic nitrogens is 3. The molecule has 2 N–H and O–H groups in total. The van der Waals surface area contributed by atoms with Crippen LogP contribution in [0.5, 0.6) is 5.75 Å². The third-order valence-corrected chi connectivity index (χ3v) is 5.03. The monoisotopic (exact) mass is 385 g/mol. The second kappa shape index (κ2) is 7.29. The number of hydrogen-bond donors (Lipinski definition) is 1. The van der Waals surface area contributed by atoms with Crippen molar-refractivity contribution in [2.24, 2.45) is 10.1 Å². The summed E-state index contributed by atoms with van der Waals surface area (Å²) < 4.78 is 29.9. The summed E-state index contributed by atoms with van der Waals surface area (Å²) in [6.45, 7) is 5.97. The van der Waals surface area contributed by atoms with Crippen molar-refractivity contribution in [1.82, 2.24) is 14.5 Å². The highest BCUT2D eigenvalue weighted by molar-refractivity contribution is 7.89. The number of aryl methyl sites for hydroxylation is 1. The van der Waals surface area contributed by atoms with Crippen LogP contribution in [0, 0.1) is 6.92 Å². The number of benzene rings is 1. The summed E-state index contributed by atoms with van der Waals surface area (Å²) in [6.07, 6.45) is 3.32. The van der Waals surface area contributed by atoms with E-state index in [-0.39, 0.29) is 4.90 Å². The minimum atomic E-state index is -3.72. The third kappa shape index (κ3) is 3.88. The molecule has 0 aliphatic carbocycles. The molecule has 1 aromatic carbocycles. The minimum Gasteiger partial charge on any atom is -0.495 e. The fourth-order valence-electron chi connectivity index (χ4n) is 2.74. The molecule has 2 aromatic heterocycles. The average molecular weight is 385 g/mol. The Balaban J connectivity index is 2.00. The van der Waals surface area contributed by atoms with Crippen molar-refractivity contribution in [2.75, 3.05) is 7.11 Å². The Bertz CT molecular complexity index is 1090. The zero-order chi connectivity index (χ0) is 19.6. The van der Waals surface area contributed by atoms with Crippen LogP contribution in [0.15, 0.2) is 52.7 Å².